The van der Waals surface area contributed by atoms with Crippen molar-refractivity contribution >= 4 is 38.2 Å². The first-order chi connectivity index (χ1) is 14.7. The fourth-order valence-corrected chi connectivity index (χ4v) is 6.32. The van der Waals surface area contributed by atoms with Crippen LogP contribution in [-0.4, -0.2) is 37.6 Å². The summed E-state index contributed by atoms with van der Waals surface area (Å²) in [4.78, 5) is 25.3. The van der Waals surface area contributed by atoms with E-state index >= 15 is 0 Å². The van der Waals surface area contributed by atoms with Crippen LogP contribution in [0, 0.1) is 13.8 Å². The van der Waals surface area contributed by atoms with Gasteiger partial charge in [-0.3, -0.25) is 9.59 Å². The third kappa shape index (κ3) is 5.53. The maximum absolute atomic E-state index is 12.9. The van der Waals surface area contributed by atoms with Crippen LogP contribution in [0.5, 0.6) is 0 Å². The number of aryl methyl sites for hydroxylation is 2. The third-order valence-electron chi connectivity index (χ3n) is 5.65. The Labute approximate surface area is 187 Å². The molecule has 0 radical (unpaired) electrons. The van der Waals surface area contributed by atoms with Gasteiger partial charge in [-0.15, -0.1) is 11.3 Å². The van der Waals surface area contributed by atoms with Crippen molar-refractivity contribution in [3.8, 4) is 0 Å². The minimum Gasteiger partial charge on any atom is -0.365 e. The van der Waals surface area contributed by atoms with Crippen LogP contribution in [0.4, 0.5) is 5.00 Å². The number of sulfonamides is 1. The second-order valence-electron chi connectivity index (χ2n) is 7.86. The van der Waals surface area contributed by atoms with Crippen LogP contribution in [0.2, 0.25) is 0 Å². The molecule has 1 aromatic heterocycles. The monoisotopic (exact) mass is 463 g/mol. The summed E-state index contributed by atoms with van der Waals surface area (Å²) in [5.74, 6) is -0.775. The fraction of sp³-hybridized carbons (Fsp3) is 0.455. The van der Waals surface area contributed by atoms with Gasteiger partial charge in [0, 0.05) is 24.4 Å². The predicted octanol–water partition coefficient (Wildman–Crippen LogP) is 3.60. The molecule has 0 atom stereocenters. The summed E-state index contributed by atoms with van der Waals surface area (Å²) >= 11 is 1.33. The molecule has 2 aromatic rings. The summed E-state index contributed by atoms with van der Waals surface area (Å²) in [7, 11) is -3.48. The van der Waals surface area contributed by atoms with Crippen molar-refractivity contribution in [3.05, 3.63) is 45.8 Å². The molecule has 168 valence electrons. The van der Waals surface area contributed by atoms with Gasteiger partial charge in [-0.05, 0) is 56.4 Å². The van der Waals surface area contributed by atoms with Crippen LogP contribution in [0.3, 0.4) is 0 Å². The van der Waals surface area contributed by atoms with E-state index in [9.17, 15) is 18.0 Å². The Kier molecular flexibility index (Phi) is 7.51. The Hall–Kier alpha value is -2.23. The molecule has 1 saturated heterocycles. The summed E-state index contributed by atoms with van der Waals surface area (Å²) in [6, 6.07) is 6.74. The Morgan fingerprint density at radius 2 is 1.68 bits per heavy atom. The van der Waals surface area contributed by atoms with Crippen molar-refractivity contribution < 1.29 is 18.0 Å². The van der Waals surface area contributed by atoms with E-state index in [0.29, 0.717) is 35.0 Å². The lowest BCUT2D eigenvalue weighted by atomic mass is 10.1. The topological polar surface area (TPSA) is 110 Å². The van der Waals surface area contributed by atoms with E-state index in [1.165, 1.54) is 11.3 Å². The lowest BCUT2D eigenvalue weighted by Crippen LogP contribution is -2.31. The molecular weight excluding hydrogens is 434 g/mol. The van der Waals surface area contributed by atoms with E-state index in [1.807, 2.05) is 13.8 Å². The largest absolute Gasteiger partial charge is 0.365 e. The Morgan fingerprint density at radius 1 is 1.06 bits per heavy atom. The number of hydrogen-bond donors (Lipinski definition) is 2. The Morgan fingerprint density at radius 3 is 2.26 bits per heavy atom. The van der Waals surface area contributed by atoms with Gasteiger partial charge in [0.2, 0.25) is 15.9 Å². The predicted molar refractivity (Wildman–Crippen MR) is 123 cm³/mol. The molecule has 31 heavy (non-hydrogen) atoms. The highest BCUT2D eigenvalue weighted by Crippen LogP contribution is 2.32. The molecule has 0 bridgehead atoms. The number of nitrogens with zero attached hydrogens (tertiary/aromatic N) is 1. The average Bonchev–Trinajstić information content (AvgIpc) is 2.92. The molecule has 0 saturated carbocycles. The Balaban J connectivity index is 1.61. The number of primary amides is 1. The average molecular weight is 464 g/mol. The smallest absolute Gasteiger partial charge is 0.251 e. The van der Waals surface area contributed by atoms with Crippen LogP contribution in [0.1, 0.15) is 58.5 Å². The van der Waals surface area contributed by atoms with Crippen LogP contribution in [-0.2, 0) is 21.2 Å². The molecule has 0 spiro atoms. The SMILES string of the molecule is Cc1sc(NC(=O)CCc2ccc(S(=O)(=O)N3CCCCCC3)cc2)c(C(N)=O)c1C. The molecule has 2 heterocycles. The van der Waals surface area contributed by atoms with Crippen molar-refractivity contribution in [3.63, 3.8) is 0 Å². The van der Waals surface area contributed by atoms with Crippen molar-refractivity contribution in [1.82, 2.24) is 4.31 Å². The number of hydrogen-bond acceptors (Lipinski definition) is 5. The lowest BCUT2D eigenvalue weighted by molar-refractivity contribution is -0.116. The van der Waals surface area contributed by atoms with E-state index in [1.54, 1.807) is 28.6 Å². The zero-order valence-electron chi connectivity index (χ0n) is 17.9. The number of anilines is 1. The molecule has 1 aliphatic heterocycles. The van der Waals surface area contributed by atoms with Gasteiger partial charge < -0.3 is 11.1 Å². The van der Waals surface area contributed by atoms with Crippen molar-refractivity contribution in [1.29, 1.82) is 0 Å². The van der Waals surface area contributed by atoms with Crippen LogP contribution < -0.4 is 11.1 Å². The minimum atomic E-state index is -3.48. The number of rotatable bonds is 7. The third-order valence-corrected chi connectivity index (χ3v) is 8.69. The molecule has 2 amide bonds. The maximum atomic E-state index is 12.9. The molecule has 1 aliphatic rings. The number of nitrogens with one attached hydrogen (secondary N) is 1. The van der Waals surface area contributed by atoms with Gasteiger partial charge in [-0.2, -0.15) is 4.31 Å². The highest BCUT2D eigenvalue weighted by molar-refractivity contribution is 7.89. The normalized spacial score (nSPS) is 15.4. The molecule has 0 unspecified atom stereocenters. The summed E-state index contributed by atoms with van der Waals surface area (Å²) < 4.78 is 27.3. The highest BCUT2D eigenvalue weighted by Gasteiger charge is 2.25. The number of benzene rings is 1. The van der Waals surface area contributed by atoms with Gasteiger partial charge in [0.05, 0.1) is 10.5 Å². The number of thiophene rings is 1. The van der Waals surface area contributed by atoms with Crippen LogP contribution in [0.15, 0.2) is 29.2 Å². The lowest BCUT2D eigenvalue weighted by Gasteiger charge is -2.20. The van der Waals surface area contributed by atoms with E-state index in [2.05, 4.69) is 5.32 Å². The highest BCUT2D eigenvalue weighted by atomic mass is 32.2. The maximum Gasteiger partial charge on any atom is 0.251 e. The van der Waals surface area contributed by atoms with E-state index in [4.69, 9.17) is 5.73 Å². The summed E-state index contributed by atoms with van der Waals surface area (Å²) in [6.45, 7) is 4.82. The molecule has 0 aliphatic carbocycles. The zero-order chi connectivity index (χ0) is 22.6. The molecule has 1 fully saturated rings. The standard InChI is InChI=1S/C22H29N3O4S2/c1-15-16(2)30-22(20(15)21(23)27)24-19(26)12-9-17-7-10-18(11-8-17)31(28,29)25-13-5-3-4-6-14-25/h7-8,10-11H,3-6,9,12-14H2,1-2H3,(H2,23,27)(H,24,26). The molecule has 7 nitrogen and oxygen atoms in total. The zero-order valence-corrected chi connectivity index (χ0v) is 19.6. The molecular formula is C22H29N3O4S2. The van der Waals surface area contributed by atoms with E-state index in [0.717, 1.165) is 41.7 Å². The van der Waals surface area contributed by atoms with Crippen molar-refractivity contribution in [2.24, 2.45) is 5.73 Å². The van der Waals surface area contributed by atoms with Gasteiger partial charge in [0.25, 0.3) is 5.91 Å². The first kappa shape index (κ1) is 23.4. The first-order valence-corrected chi connectivity index (χ1v) is 12.7. The van der Waals surface area contributed by atoms with Crippen molar-refractivity contribution in [2.75, 3.05) is 18.4 Å². The van der Waals surface area contributed by atoms with E-state index in [-0.39, 0.29) is 12.3 Å². The number of carbonyl (C=O) groups excluding carboxylic acids is 2. The molecule has 3 N–H and O–H groups in total. The number of carbonyl (C=O) groups is 2. The van der Waals surface area contributed by atoms with Gasteiger partial charge in [-0.25, -0.2) is 8.42 Å². The number of amides is 2. The second-order valence-corrected chi connectivity index (χ2v) is 11.0. The quantitative estimate of drug-likeness (QED) is 0.654. The van der Waals surface area contributed by atoms with Crippen molar-refractivity contribution in [2.45, 2.75) is 57.3 Å². The molecule has 3 rings (SSSR count). The minimum absolute atomic E-state index is 0.215. The van der Waals surface area contributed by atoms with Gasteiger partial charge in [0.1, 0.15) is 5.00 Å². The van der Waals surface area contributed by atoms with Gasteiger partial charge in [0.15, 0.2) is 0 Å². The Bertz CT molecular complexity index is 1050. The second kappa shape index (κ2) is 9.93. The van der Waals surface area contributed by atoms with Crippen LogP contribution in [0.25, 0.3) is 0 Å². The summed E-state index contributed by atoms with van der Waals surface area (Å²) in [5.41, 5.74) is 7.47. The fourth-order valence-electron chi connectivity index (χ4n) is 3.72. The van der Waals surface area contributed by atoms with Gasteiger partial charge >= 0.3 is 0 Å². The van der Waals surface area contributed by atoms with Gasteiger partial charge in [-0.1, -0.05) is 25.0 Å². The summed E-state index contributed by atoms with van der Waals surface area (Å²) in [6.07, 6.45) is 4.61. The molecule has 9 heteroatoms. The van der Waals surface area contributed by atoms with E-state index < -0.39 is 15.9 Å². The number of nitrogens with two attached hydrogens (primary N) is 1. The van der Waals surface area contributed by atoms with Crippen LogP contribution >= 0.6 is 11.3 Å². The molecule has 1 aromatic carbocycles. The summed E-state index contributed by atoms with van der Waals surface area (Å²) in [5, 5.41) is 3.26. The first-order valence-electron chi connectivity index (χ1n) is 10.5.